The second kappa shape index (κ2) is 8.43. The maximum absolute atomic E-state index is 11.8. The van der Waals surface area contributed by atoms with Crippen LogP contribution < -0.4 is 20.5 Å². The van der Waals surface area contributed by atoms with Crippen LogP contribution in [0.5, 0.6) is 11.5 Å². The zero-order valence-electron chi connectivity index (χ0n) is 12.4. The summed E-state index contributed by atoms with van der Waals surface area (Å²) in [4.78, 5) is 11.8. The Morgan fingerprint density at radius 1 is 1.30 bits per heavy atom. The molecular formula is C15H24N2O3. The third kappa shape index (κ3) is 4.74. The average molecular weight is 280 g/mol. The molecule has 5 nitrogen and oxygen atoms in total. The first kappa shape index (κ1) is 16.3. The molecule has 1 amide bonds. The lowest BCUT2D eigenvalue weighted by Crippen LogP contribution is -2.26. The Bertz CT molecular complexity index is 435. The number of ether oxygens (including phenoxy) is 2. The quantitative estimate of drug-likeness (QED) is 0.714. The van der Waals surface area contributed by atoms with Crippen molar-refractivity contribution in [3.8, 4) is 11.5 Å². The number of nitrogens with one attached hydrogen (secondary N) is 1. The minimum absolute atomic E-state index is 0.0239. The SMILES string of the molecule is COc1ccc(OC)c(C(C)NC(=O)CCCCN)c1. The van der Waals surface area contributed by atoms with E-state index in [0.29, 0.717) is 13.0 Å². The van der Waals surface area contributed by atoms with Crippen LogP contribution in [0.25, 0.3) is 0 Å². The van der Waals surface area contributed by atoms with Gasteiger partial charge in [-0.25, -0.2) is 0 Å². The largest absolute Gasteiger partial charge is 0.497 e. The van der Waals surface area contributed by atoms with Crippen LogP contribution in [0, 0.1) is 0 Å². The van der Waals surface area contributed by atoms with Crippen molar-refractivity contribution in [2.24, 2.45) is 5.73 Å². The van der Waals surface area contributed by atoms with Crippen molar-refractivity contribution < 1.29 is 14.3 Å². The molecule has 1 atom stereocenters. The predicted octanol–water partition coefficient (Wildman–Crippen LogP) is 2.01. The fraction of sp³-hybridized carbons (Fsp3) is 0.533. The molecule has 20 heavy (non-hydrogen) atoms. The van der Waals surface area contributed by atoms with Crippen LogP contribution in [0.4, 0.5) is 0 Å². The Hall–Kier alpha value is -1.75. The second-order valence-corrected chi connectivity index (χ2v) is 4.64. The van der Waals surface area contributed by atoms with Crippen molar-refractivity contribution in [2.45, 2.75) is 32.2 Å². The van der Waals surface area contributed by atoms with Gasteiger partial charge in [0.2, 0.25) is 5.91 Å². The van der Waals surface area contributed by atoms with Crippen LogP contribution in [-0.2, 0) is 4.79 Å². The molecule has 1 aromatic carbocycles. The normalized spacial score (nSPS) is 11.8. The number of rotatable bonds is 8. The summed E-state index contributed by atoms with van der Waals surface area (Å²) in [6.07, 6.45) is 2.17. The maximum atomic E-state index is 11.8. The molecule has 0 fully saturated rings. The summed E-state index contributed by atoms with van der Waals surface area (Å²) in [5.74, 6) is 1.50. The minimum Gasteiger partial charge on any atom is -0.497 e. The van der Waals surface area contributed by atoms with Gasteiger partial charge in [0, 0.05) is 12.0 Å². The summed E-state index contributed by atoms with van der Waals surface area (Å²) in [7, 11) is 3.22. The van der Waals surface area contributed by atoms with Gasteiger partial charge in [-0.1, -0.05) is 0 Å². The predicted molar refractivity (Wildman–Crippen MR) is 79.0 cm³/mol. The first-order valence-electron chi connectivity index (χ1n) is 6.83. The van der Waals surface area contributed by atoms with Crippen LogP contribution in [0.2, 0.25) is 0 Å². The van der Waals surface area contributed by atoms with E-state index in [0.717, 1.165) is 29.9 Å². The summed E-state index contributed by atoms with van der Waals surface area (Å²) in [5.41, 5.74) is 6.32. The van der Waals surface area contributed by atoms with E-state index in [1.165, 1.54) is 0 Å². The van der Waals surface area contributed by atoms with Crippen molar-refractivity contribution in [2.75, 3.05) is 20.8 Å². The van der Waals surface area contributed by atoms with E-state index in [2.05, 4.69) is 5.32 Å². The van der Waals surface area contributed by atoms with Gasteiger partial charge < -0.3 is 20.5 Å². The van der Waals surface area contributed by atoms with E-state index < -0.39 is 0 Å². The molecule has 0 saturated heterocycles. The molecule has 0 aliphatic rings. The lowest BCUT2D eigenvalue weighted by molar-refractivity contribution is -0.121. The molecule has 0 bridgehead atoms. The Morgan fingerprint density at radius 3 is 2.65 bits per heavy atom. The van der Waals surface area contributed by atoms with Gasteiger partial charge in [-0.05, 0) is 44.5 Å². The van der Waals surface area contributed by atoms with Crippen molar-refractivity contribution in [3.63, 3.8) is 0 Å². The third-order valence-corrected chi connectivity index (χ3v) is 3.14. The van der Waals surface area contributed by atoms with Crippen molar-refractivity contribution in [3.05, 3.63) is 23.8 Å². The van der Waals surface area contributed by atoms with Gasteiger partial charge in [0.25, 0.3) is 0 Å². The highest BCUT2D eigenvalue weighted by Crippen LogP contribution is 2.29. The molecule has 1 unspecified atom stereocenters. The van der Waals surface area contributed by atoms with Gasteiger partial charge in [-0.15, -0.1) is 0 Å². The summed E-state index contributed by atoms with van der Waals surface area (Å²) in [6, 6.07) is 5.41. The molecule has 0 heterocycles. The third-order valence-electron chi connectivity index (χ3n) is 3.14. The van der Waals surface area contributed by atoms with Crippen LogP contribution in [0.3, 0.4) is 0 Å². The van der Waals surface area contributed by atoms with Gasteiger partial charge >= 0.3 is 0 Å². The van der Waals surface area contributed by atoms with Gasteiger partial charge in [-0.2, -0.15) is 0 Å². The Balaban J connectivity index is 2.70. The number of nitrogens with two attached hydrogens (primary N) is 1. The molecule has 3 N–H and O–H groups in total. The summed E-state index contributed by atoms with van der Waals surface area (Å²) in [5, 5.41) is 2.97. The molecule has 0 saturated carbocycles. The number of methoxy groups -OCH3 is 2. The van der Waals surface area contributed by atoms with Gasteiger partial charge in [0.15, 0.2) is 0 Å². The fourth-order valence-corrected chi connectivity index (χ4v) is 2.00. The lowest BCUT2D eigenvalue weighted by atomic mass is 10.1. The summed E-state index contributed by atoms with van der Waals surface area (Å²) < 4.78 is 10.5. The molecule has 0 aliphatic heterocycles. The molecule has 1 rings (SSSR count). The van der Waals surface area contributed by atoms with Crippen molar-refractivity contribution >= 4 is 5.91 Å². The van der Waals surface area contributed by atoms with E-state index in [4.69, 9.17) is 15.2 Å². The zero-order chi connectivity index (χ0) is 15.0. The molecule has 0 radical (unpaired) electrons. The highest BCUT2D eigenvalue weighted by molar-refractivity contribution is 5.76. The number of unbranched alkanes of at least 4 members (excludes halogenated alkanes) is 1. The molecule has 1 aromatic rings. The van der Waals surface area contributed by atoms with Crippen LogP contribution in [0.1, 0.15) is 37.8 Å². The topological polar surface area (TPSA) is 73.6 Å². The highest BCUT2D eigenvalue weighted by atomic mass is 16.5. The first-order valence-corrected chi connectivity index (χ1v) is 6.83. The molecular weight excluding hydrogens is 256 g/mol. The summed E-state index contributed by atoms with van der Waals surface area (Å²) in [6.45, 7) is 2.55. The summed E-state index contributed by atoms with van der Waals surface area (Å²) >= 11 is 0. The number of hydrogen-bond acceptors (Lipinski definition) is 4. The lowest BCUT2D eigenvalue weighted by Gasteiger charge is -2.18. The van der Waals surface area contributed by atoms with Crippen molar-refractivity contribution in [1.29, 1.82) is 0 Å². The highest BCUT2D eigenvalue weighted by Gasteiger charge is 2.14. The molecule has 0 aliphatic carbocycles. The Labute approximate surface area is 120 Å². The van der Waals surface area contributed by atoms with Gasteiger partial charge in [0.1, 0.15) is 11.5 Å². The maximum Gasteiger partial charge on any atom is 0.220 e. The standard InChI is InChI=1S/C15H24N2O3/c1-11(17-15(18)6-4-5-9-16)13-10-12(19-2)7-8-14(13)20-3/h7-8,10-11H,4-6,9,16H2,1-3H3,(H,17,18). The van der Waals surface area contributed by atoms with Gasteiger partial charge in [-0.3, -0.25) is 4.79 Å². The minimum atomic E-state index is -0.134. The van der Waals surface area contributed by atoms with E-state index in [-0.39, 0.29) is 11.9 Å². The number of amides is 1. The Kier molecular flexibility index (Phi) is 6.87. The molecule has 5 heteroatoms. The monoisotopic (exact) mass is 280 g/mol. The molecule has 112 valence electrons. The van der Waals surface area contributed by atoms with E-state index in [1.807, 2.05) is 25.1 Å². The number of benzene rings is 1. The number of carbonyl (C=O) groups excluding carboxylic acids is 1. The molecule has 0 spiro atoms. The molecule has 0 aromatic heterocycles. The van der Waals surface area contributed by atoms with Crippen LogP contribution in [0.15, 0.2) is 18.2 Å². The van der Waals surface area contributed by atoms with Gasteiger partial charge in [0.05, 0.1) is 20.3 Å². The van der Waals surface area contributed by atoms with Crippen molar-refractivity contribution in [1.82, 2.24) is 5.32 Å². The van der Waals surface area contributed by atoms with Crippen LogP contribution in [-0.4, -0.2) is 26.7 Å². The van der Waals surface area contributed by atoms with E-state index in [9.17, 15) is 4.79 Å². The van der Waals surface area contributed by atoms with E-state index in [1.54, 1.807) is 14.2 Å². The Morgan fingerprint density at radius 2 is 2.05 bits per heavy atom. The van der Waals surface area contributed by atoms with Crippen LogP contribution >= 0.6 is 0 Å². The zero-order valence-corrected chi connectivity index (χ0v) is 12.4. The first-order chi connectivity index (χ1) is 9.62. The second-order valence-electron chi connectivity index (χ2n) is 4.64. The smallest absolute Gasteiger partial charge is 0.220 e. The number of carbonyl (C=O) groups is 1. The number of hydrogen-bond donors (Lipinski definition) is 2. The fourth-order valence-electron chi connectivity index (χ4n) is 2.00. The van der Waals surface area contributed by atoms with E-state index >= 15 is 0 Å². The average Bonchev–Trinajstić information content (AvgIpc) is 2.46.